The number of aliphatic hydroxyl groups is 1. The smallest absolute Gasteiger partial charge is 0.226 e. The van der Waals surface area contributed by atoms with E-state index >= 15 is 0 Å². The molecule has 4 heteroatoms. The van der Waals surface area contributed by atoms with Gasteiger partial charge in [-0.2, -0.15) is 0 Å². The molecule has 1 N–H and O–H groups in total. The van der Waals surface area contributed by atoms with Gasteiger partial charge in [0.2, 0.25) is 5.91 Å². The number of carbonyl (C=O) groups excluding carboxylic acids is 1. The summed E-state index contributed by atoms with van der Waals surface area (Å²) in [6.07, 6.45) is 2.79. The van der Waals surface area contributed by atoms with Crippen molar-refractivity contribution in [2.45, 2.75) is 51.7 Å². The molecule has 1 saturated carbocycles. The largest absolute Gasteiger partial charge is 0.392 e. The summed E-state index contributed by atoms with van der Waals surface area (Å²) in [5, 5.41) is 10.2. The van der Waals surface area contributed by atoms with Gasteiger partial charge in [-0.05, 0) is 32.3 Å². The Balaban J connectivity index is 1.56. The number of rotatable bonds is 4. The highest BCUT2D eigenvalue weighted by molar-refractivity contribution is 5.78. The molecule has 1 saturated heterocycles. The Bertz CT molecular complexity index is 544. The molecule has 2 unspecified atom stereocenters. The lowest BCUT2D eigenvalue weighted by atomic mass is 9.58. The van der Waals surface area contributed by atoms with Crippen LogP contribution in [0.4, 0.5) is 0 Å². The van der Waals surface area contributed by atoms with Gasteiger partial charge < -0.3 is 14.7 Å². The van der Waals surface area contributed by atoms with Gasteiger partial charge >= 0.3 is 0 Å². The van der Waals surface area contributed by atoms with Crippen LogP contribution in [0.2, 0.25) is 0 Å². The first-order valence-corrected chi connectivity index (χ1v) is 8.68. The summed E-state index contributed by atoms with van der Waals surface area (Å²) in [6, 6.07) is 8.15. The molecule has 0 aromatic heterocycles. The summed E-state index contributed by atoms with van der Waals surface area (Å²) in [7, 11) is 0. The lowest BCUT2D eigenvalue weighted by Gasteiger charge is -2.56. The van der Waals surface area contributed by atoms with Crippen LogP contribution in [0.1, 0.15) is 37.3 Å². The molecule has 1 aliphatic carbocycles. The molecule has 0 bridgehead atoms. The number of ether oxygens (including phenoxy) is 1. The predicted molar refractivity (Wildman–Crippen MR) is 89.2 cm³/mol. The van der Waals surface area contributed by atoms with E-state index in [1.54, 1.807) is 0 Å². The van der Waals surface area contributed by atoms with E-state index in [1.165, 1.54) is 5.56 Å². The molecule has 2 atom stereocenters. The Hall–Kier alpha value is -1.39. The van der Waals surface area contributed by atoms with Gasteiger partial charge in [0.15, 0.2) is 0 Å². The third-order valence-corrected chi connectivity index (χ3v) is 5.63. The summed E-state index contributed by atoms with van der Waals surface area (Å²) in [5.74, 6) is 0.186. The van der Waals surface area contributed by atoms with Gasteiger partial charge in [-0.15, -0.1) is 0 Å². The van der Waals surface area contributed by atoms with Crippen molar-refractivity contribution < 1.29 is 14.6 Å². The minimum absolute atomic E-state index is 0.114. The normalized spacial score (nSPS) is 26.1. The van der Waals surface area contributed by atoms with Crippen LogP contribution in [0.3, 0.4) is 0 Å². The Morgan fingerprint density at radius 2 is 1.96 bits per heavy atom. The zero-order chi connectivity index (χ0) is 16.4. The quantitative estimate of drug-likeness (QED) is 0.927. The van der Waals surface area contributed by atoms with Crippen LogP contribution < -0.4 is 0 Å². The van der Waals surface area contributed by atoms with Crippen molar-refractivity contribution in [3.05, 3.63) is 35.4 Å². The highest BCUT2D eigenvalue weighted by Crippen LogP contribution is 2.50. The van der Waals surface area contributed by atoms with Gasteiger partial charge in [-0.25, -0.2) is 0 Å². The monoisotopic (exact) mass is 317 g/mol. The molecule has 23 heavy (non-hydrogen) atoms. The van der Waals surface area contributed by atoms with Crippen LogP contribution in [-0.2, 0) is 16.0 Å². The highest BCUT2D eigenvalue weighted by atomic mass is 16.5. The zero-order valence-corrected chi connectivity index (χ0v) is 14.1. The van der Waals surface area contributed by atoms with Crippen molar-refractivity contribution in [3.8, 4) is 0 Å². The number of likely N-dealkylation sites (tertiary alicyclic amines) is 1. The van der Waals surface area contributed by atoms with Crippen molar-refractivity contribution in [1.29, 1.82) is 0 Å². The summed E-state index contributed by atoms with van der Waals surface area (Å²) in [5.41, 5.74) is 2.16. The summed E-state index contributed by atoms with van der Waals surface area (Å²) in [6.45, 7) is 6.19. The zero-order valence-electron chi connectivity index (χ0n) is 14.1. The SMILES string of the molecule is CCOC1CC(O)C12CCN(C(=O)Cc1ccc(C)cc1)CC2. The van der Waals surface area contributed by atoms with Gasteiger partial charge in [0, 0.05) is 31.5 Å². The van der Waals surface area contributed by atoms with Crippen LogP contribution in [0.25, 0.3) is 0 Å². The highest BCUT2D eigenvalue weighted by Gasteiger charge is 2.56. The molecule has 1 aromatic carbocycles. The van der Waals surface area contributed by atoms with Crippen LogP contribution in [-0.4, -0.2) is 47.8 Å². The third kappa shape index (κ3) is 3.15. The number of aryl methyl sites for hydroxylation is 1. The molecule has 2 fully saturated rings. The molecular formula is C19H27NO3. The average molecular weight is 317 g/mol. The Kier molecular flexibility index (Phi) is 4.74. The number of carbonyl (C=O) groups is 1. The minimum atomic E-state index is -0.270. The van der Waals surface area contributed by atoms with Gasteiger partial charge in [0.25, 0.3) is 0 Å². The molecule has 1 spiro atoms. The van der Waals surface area contributed by atoms with E-state index in [0.717, 1.165) is 37.9 Å². The Morgan fingerprint density at radius 1 is 1.30 bits per heavy atom. The summed E-state index contributed by atoms with van der Waals surface area (Å²) in [4.78, 5) is 14.4. The van der Waals surface area contributed by atoms with E-state index in [2.05, 4.69) is 6.92 Å². The van der Waals surface area contributed by atoms with Gasteiger partial charge in [-0.3, -0.25) is 4.79 Å². The first-order chi connectivity index (χ1) is 11.0. The number of hydrogen-bond acceptors (Lipinski definition) is 3. The Morgan fingerprint density at radius 3 is 2.52 bits per heavy atom. The molecule has 2 aliphatic rings. The maximum Gasteiger partial charge on any atom is 0.226 e. The molecule has 4 nitrogen and oxygen atoms in total. The fourth-order valence-electron chi connectivity index (χ4n) is 3.98. The van der Waals surface area contributed by atoms with Crippen LogP contribution in [0, 0.1) is 12.3 Å². The third-order valence-electron chi connectivity index (χ3n) is 5.63. The number of benzene rings is 1. The number of hydrogen-bond donors (Lipinski definition) is 1. The van der Waals surface area contributed by atoms with E-state index in [0.29, 0.717) is 13.0 Å². The molecular weight excluding hydrogens is 290 g/mol. The van der Waals surface area contributed by atoms with Crippen LogP contribution in [0.5, 0.6) is 0 Å². The maximum atomic E-state index is 12.5. The first-order valence-electron chi connectivity index (χ1n) is 8.68. The topological polar surface area (TPSA) is 49.8 Å². The maximum absolute atomic E-state index is 12.5. The Labute approximate surface area is 138 Å². The molecule has 1 amide bonds. The van der Waals surface area contributed by atoms with Crippen molar-refractivity contribution in [3.63, 3.8) is 0 Å². The first kappa shape index (κ1) is 16.5. The molecule has 126 valence electrons. The van der Waals surface area contributed by atoms with Gasteiger partial charge in [0.05, 0.1) is 18.6 Å². The number of piperidine rings is 1. The van der Waals surface area contributed by atoms with Crippen LogP contribution >= 0.6 is 0 Å². The second-order valence-electron chi connectivity index (χ2n) is 6.97. The number of amides is 1. The van der Waals surface area contributed by atoms with Gasteiger partial charge in [0.1, 0.15) is 0 Å². The number of nitrogens with zero attached hydrogens (tertiary/aromatic N) is 1. The average Bonchev–Trinajstić information content (AvgIpc) is 2.57. The molecule has 1 aromatic rings. The van der Waals surface area contributed by atoms with Crippen molar-refractivity contribution in [1.82, 2.24) is 4.90 Å². The van der Waals surface area contributed by atoms with Crippen molar-refractivity contribution in [2.24, 2.45) is 5.41 Å². The van der Waals surface area contributed by atoms with E-state index in [1.807, 2.05) is 36.1 Å². The summed E-state index contributed by atoms with van der Waals surface area (Å²) < 4.78 is 5.78. The number of aliphatic hydroxyl groups excluding tert-OH is 1. The van der Waals surface area contributed by atoms with E-state index in [-0.39, 0.29) is 23.5 Å². The molecule has 1 heterocycles. The van der Waals surface area contributed by atoms with Crippen molar-refractivity contribution in [2.75, 3.05) is 19.7 Å². The molecule has 1 aliphatic heterocycles. The van der Waals surface area contributed by atoms with Crippen molar-refractivity contribution >= 4 is 5.91 Å². The van der Waals surface area contributed by atoms with Crippen LogP contribution in [0.15, 0.2) is 24.3 Å². The van der Waals surface area contributed by atoms with Gasteiger partial charge in [-0.1, -0.05) is 29.8 Å². The molecule has 0 radical (unpaired) electrons. The predicted octanol–water partition coefficient (Wildman–Crippen LogP) is 2.32. The standard InChI is InChI=1S/C19H27NO3/c1-3-23-17-13-16(21)19(17)8-10-20(11-9-19)18(22)12-15-6-4-14(2)5-7-15/h4-7,16-17,21H,3,8-13H2,1-2H3. The lowest BCUT2D eigenvalue weighted by molar-refractivity contribution is -0.210. The fraction of sp³-hybridized carbons (Fsp3) is 0.632. The second kappa shape index (κ2) is 6.62. The minimum Gasteiger partial charge on any atom is -0.392 e. The van der Waals surface area contributed by atoms with E-state index in [9.17, 15) is 9.90 Å². The molecule has 3 rings (SSSR count). The summed E-state index contributed by atoms with van der Waals surface area (Å²) >= 11 is 0. The lowest BCUT2D eigenvalue weighted by Crippen LogP contribution is -2.62. The van der Waals surface area contributed by atoms with E-state index in [4.69, 9.17) is 4.74 Å². The fourth-order valence-corrected chi connectivity index (χ4v) is 3.98. The van der Waals surface area contributed by atoms with E-state index < -0.39 is 0 Å². The second-order valence-corrected chi connectivity index (χ2v) is 6.97.